The lowest BCUT2D eigenvalue weighted by molar-refractivity contribution is 0.0931. The van der Waals surface area contributed by atoms with Crippen molar-refractivity contribution in [2.75, 3.05) is 23.1 Å². The summed E-state index contributed by atoms with van der Waals surface area (Å²) in [6, 6.07) is 73.1. The number of methoxy groups -OCH3 is 1. The number of carbonyl (C=O) groups is 5. The van der Waals surface area contributed by atoms with E-state index in [1.165, 1.54) is 36.4 Å². The highest BCUT2D eigenvalue weighted by atomic mass is 35.5. The summed E-state index contributed by atoms with van der Waals surface area (Å²) in [5.41, 5.74) is 11.1. The Morgan fingerprint density at radius 2 is 0.882 bits per heavy atom. The van der Waals surface area contributed by atoms with Crippen LogP contribution in [0.2, 0.25) is 5.02 Å². The summed E-state index contributed by atoms with van der Waals surface area (Å²) >= 11 is 5.93. The van der Waals surface area contributed by atoms with Gasteiger partial charge in [0.15, 0.2) is 0 Å². The van der Waals surface area contributed by atoms with Gasteiger partial charge < -0.3 is 56.2 Å². The quantitative estimate of drug-likeness (QED) is 0.0522. The lowest BCUT2D eigenvalue weighted by atomic mass is 10.1. The normalized spacial score (nSPS) is 11.2. The third-order valence-electron chi connectivity index (χ3n) is 17.9. The number of halogens is 4. The summed E-state index contributed by atoms with van der Waals surface area (Å²) in [6.45, 7) is 2.40. The van der Waals surface area contributed by atoms with Crippen LogP contribution in [0.3, 0.4) is 0 Å². The first-order valence-electron chi connectivity index (χ1n) is 34.5. The fourth-order valence-corrected chi connectivity index (χ4v) is 12.5. The van der Waals surface area contributed by atoms with E-state index in [1.807, 2.05) is 165 Å². The van der Waals surface area contributed by atoms with Crippen LogP contribution in [0.4, 0.5) is 30.2 Å². The minimum absolute atomic E-state index is 0.0955. The summed E-state index contributed by atoms with van der Waals surface area (Å²) in [7, 11) is 1.62. The Bertz CT molecular complexity index is 6400. The van der Waals surface area contributed by atoms with Crippen LogP contribution in [0.1, 0.15) is 76.5 Å². The van der Waals surface area contributed by atoms with Gasteiger partial charge in [-0.05, 0) is 181 Å². The van der Waals surface area contributed by atoms with E-state index in [2.05, 4.69) is 71.7 Å². The largest absolute Gasteiger partial charge is 0.497 e. The maximum absolute atomic E-state index is 13.2. The van der Waals surface area contributed by atoms with Gasteiger partial charge in [-0.2, -0.15) is 5.10 Å². The molecular weight excluding hydrogens is 1420 g/mol. The molecule has 0 aliphatic rings. The third kappa shape index (κ3) is 17.2. The van der Waals surface area contributed by atoms with Crippen LogP contribution in [0.25, 0.3) is 87.0 Å². The second-order valence-electron chi connectivity index (χ2n) is 25.4. The second kappa shape index (κ2) is 32.8. The maximum Gasteiger partial charge on any atom is 0.272 e. The maximum atomic E-state index is 13.2. The van der Waals surface area contributed by atoms with Crippen molar-refractivity contribution in [3.8, 4) is 5.75 Å². The predicted octanol–water partition coefficient (Wildman–Crippen LogP) is 19.1. The molecule has 10 aromatic carbocycles. The van der Waals surface area contributed by atoms with Crippen molar-refractivity contribution in [3.63, 3.8) is 0 Å². The van der Waals surface area contributed by atoms with Gasteiger partial charge in [0.1, 0.15) is 51.7 Å². The Balaban J connectivity index is 0.000000115. The Hall–Kier alpha value is -14.6. The number of hydrogen-bond donors (Lipinski definition) is 11. The number of ether oxygens (including phenoxy) is 1. The van der Waals surface area contributed by atoms with E-state index >= 15 is 0 Å². The Morgan fingerprint density at radius 3 is 1.52 bits per heavy atom. The number of amides is 5. The Morgan fingerprint density at radius 1 is 0.400 bits per heavy atom. The molecule has 0 radical (unpaired) electrons. The predicted molar refractivity (Wildman–Crippen MR) is 426 cm³/mol. The number of benzene rings is 10. The molecule has 8 heterocycles. The molecule has 24 heteroatoms. The molecule has 18 aromatic rings. The van der Waals surface area contributed by atoms with Crippen molar-refractivity contribution in [1.82, 2.24) is 55.7 Å². The van der Waals surface area contributed by atoms with Gasteiger partial charge in [-0.15, -0.1) is 0 Å². The lowest BCUT2D eigenvalue weighted by Crippen LogP contribution is -2.26. The summed E-state index contributed by atoms with van der Waals surface area (Å²) < 4.78 is 44.8. The molecule has 11 N–H and O–H groups in total. The standard InChI is InChI=1S/C20H16N2O2.C18H12FN3O.C17H15FN2O.C16H11FN4O.C15H12ClN3O/c1-24-15-10-9-14-11-19(21-18(14)12-15)20(23)22-17-8-4-6-13-5-2-3-7-16(13)17;19-13-5-4-11-8-17(21-16(11)9-13)18(23)22-15-3-1-2-12-10-20-7-6-14(12)15;1-11(12-5-3-2-4-6-12)19-17(21)16-10-13-9-14(18)7-8-15(13)20-16;17-10-4-5-12-9(6-10)7-15(19-12)16(22)20-13-2-1-3-14-11(13)8-18-21-14;16-12-1-2-13-11(7-12)8-14(19-13)15(20)18-9-10-3-5-17-6-4-10/h2-12,21H,1H3,(H,22,23);1-10,21H,(H,22,23);2-11,20H,1H3,(H,19,21);1-8,19H,(H,18,21)(H,20,22);1-8,19H,9H2,(H,18,20). The smallest absolute Gasteiger partial charge is 0.272 e. The van der Waals surface area contributed by atoms with Crippen molar-refractivity contribution in [1.29, 1.82) is 0 Å². The molecule has 544 valence electrons. The number of aromatic amines is 6. The van der Waals surface area contributed by atoms with Gasteiger partial charge in [0.25, 0.3) is 29.5 Å². The monoisotopic (exact) mass is 1480 g/mol. The van der Waals surface area contributed by atoms with Crippen LogP contribution >= 0.6 is 11.6 Å². The van der Waals surface area contributed by atoms with Gasteiger partial charge in [-0.1, -0.05) is 96.5 Å². The molecule has 0 spiro atoms. The van der Waals surface area contributed by atoms with E-state index in [0.717, 1.165) is 87.7 Å². The van der Waals surface area contributed by atoms with Gasteiger partial charge in [0.2, 0.25) is 0 Å². The number of fused-ring (bicyclic) bond motifs is 8. The highest BCUT2D eigenvalue weighted by Crippen LogP contribution is 2.30. The first kappa shape index (κ1) is 72.4. The van der Waals surface area contributed by atoms with E-state index < -0.39 is 0 Å². The molecule has 20 nitrogen and oxygen atoms in total. The highest BCUT2D eigenvalue weighted by molar-refractivity contribution is 6.31. The number of hydrogen-bond acceptors (Lipinski definition) is 9. The minimum Gasteiger partial charge on any atom is -0.497 e. The van der Waals surface area contributed by atoms with Gasteiger partial charge in [-0.3, -0.25) is 39.0 Å². The number of pyridine rings is 2. The summed E-state index contributed by atoms with van der Waals surface area (Å²) in [6.07, 6.45) is 8.49. The van der Waals surface area contributed by atoms with Crippen molar-refractivity contribution >= 4 is 145 Å². The fraction of sp³-hybridized carbons (Fsp3) is 0.0465. The molecule has 8 aromatic heterocycles. The molecule has 0 saturated heterocycles. The zero-order valence-electron chi connectivity index (χ0n) is 58.6. The number of aromatic nitrogens is 9. The van der Waals surface area contributed by atoms with Crippen LogP contribution in [-0.2, 0) is 6.54 Å². The van der Waals surface area contributed by atoms with Crippen LogP contribution in [0.5, 0.6) is 5.75 Å². The van der Waals surface area contributed by atoms with Crippen molar-refractivity contribution < 1.29 is 41.9 Å². The number of nitrogens with zero attached hydrogens (tertiary/aromatic N) is 3. The highest BCUT2D eigenvalue weighted by Gasteiger charge is 2.18. The molecule has 0 fully saturated rings. The number of anilines is 3. The molecule has 0 bridgehead atoms. The van der Waals surface area contributed by atoms with E-state index in [0.29, 0.717) is 73.2 Å². The minimum atomic E-state index is -0.340. The SMILES string of the molecule is CC(NC(=O)c1cc2cc(F)ccc2[nH]1)c1ccccc1.COc1ccc2cc(C(=O)Nc3cccc4ccccc34)[nH]c2c1.O=C(NCc1ccncc1)c1cc2cc(Cl)ccc2[nH]1.O=C(Nc1cccc2[nH]ncc12)c1cc2cc(F)ccc2[nH]1.O=C(Nc1cccc2cnccc12)c1cc2ccc(F)cc2[nH]1. The molecule has 0 saturated carbocycles. The third-order valence-corrected chi connectivity index (χ3v) is 18.2. The topological polar surface area (TPSA) is 288 Å². The first-order valence-corrected chi connectivity index (χ1v) is 34.9. The van der Waals surface area contributed by atoms with Crippen molar-refractivity contribution in [3.05, 3.63) is 342 Å². The zero-order chi connectivity index (χ0) is 76.2. The molecular formula is C86H66ClF3N14O6. The Labute approximate surface area is 629 Å². The summed E-state index contributed by atoms with van der Waals surface area (Å²) in [5.74, 6) is -1.30. The van der Waals surface area contributed by atoms with Gasteiger partial charge in [0, 0.05) is 130 Å². The van der Waals surface area contributed by atoms with Gasteiger partial charge >= 0.3 is 0 Å². The van der Waals surface area contributed by atoms with Crippen LogP contribution in [-0.4, -0.2) is 81.7 Å². The number of nitrogens with one attached hydrogen (secondary N) is 11. The first-order chi connectivity index (χ1) is 53.5. The number of H-pyrrole nitrogens is 6. The van der Waals surface area contributed by atoms with Crippen molar-refractivity contribution in [2.45, 2.75) is 19.5 Å². The molecule has 5 amide bonds. The lowest BCUT2D eigenvalue weighted by Gasteiger charge is -2.13. The van der Waals surface area contributed by atoms with Crippen molar-refractivity contribution in [2.24, 2.45) is 0 Å². The van der Waals surface area contributed by atoms with Crippen LogP contribution in [0.15, 0.2) is 280 Å². The summed E-state index contributed by atoms with van der Waals surface area (Å²) in [5, 5.41) is 30.8. The Kier molecular flexibility index (Phi) is 21.6. The number of rotatable bonds is 13. The molecule has 1 atom stereocenters. The van der Waals surface area contributed by atoms with E-state index in [9.17, 15) is 37.1 Å². The second-order valence-corrected chi connectivity index (χ2v) is 25.8. The summed E-state index contributed by atoms with van der Waals surface area (Å²) in [4.78, 5) is 84.9. The van der Waals surface area contributed by atoms with Gasteiger partial charge in [-0.25, -0.2) is 13.2 Å². The molecule has 0 aliphatic heterocycles. The van der Waals surface area contributed by atoms with Gasteiger partial charge in [0.05, 0.1) is 30.6 Å². The molecule has 0 aliphatic carbocycles. The molecule has 18 rings (SSSR count). The van der Waals surface area contributed by atoms with E-state index in [1.54, 1.807) is 92.7 Å². The number of carbonyl (C=O) groups excluding carboxylic acids is 5. The van der Waals surface area contributed by atoms with E-state index in [4.69, 9.17) is 16.3 Å². The molecule has 110 heavy (non-hydrogen) atoms. The van der Waals surface area contributed by atoms with E-state index in [-0.39, 0.29) is 53.0 Å². The molecule has 1 unspecified atom stereocenters. The van der Waals surface area contributed by atoms with Crippen LogP contribution in [0, 0.1) is 17.5 Å². The van der Waals surface area contributed by atoms with Crippen LogP contribution < -0.4 is 31.3 Å². The zero-order valence-corrected chi connectivity index (χ0v) is 59.4. The average molecular weight is 1480 g/mol. The fourth-order valence-electron chi connectivity index (χ4n) is 12.3. The average Bonchev–Trinajstić information content (AvgIpc) is 1.63.